The topological polar surface area (TPSA) is 147 Å². The van der Waals surface area contributed by atoms with Gasteiger partial charge in [-0.15, -0.1) is 23.1 Å². The molecule has 3 heterocycles. The Morgan fingerprint density at radius 2 is 2.16 bits per heavy atom. The Morgan fingerprint density at radius 1 is 1.39 bits per heavy atom. The number of nitrogen functional groups attached to an aromatic ring is 1. The average Bonchev–Trinajstić information content (AvgIpc) is 3.16. The first-order valence-electron chi connectivity index (χ1n) is 9.99. The first-order chi connectivity index (χ1) is 14.8. The van der Waals surface area contributed by atoms with Gasteiger partial charge in [-0.1, -0.05) is 24.9 Å². The first kappa shape index (κ1) is 23.1. The maximum absolute atomic E-state index is 12.9. The number of thiazole rings is 1. The van der Waals surface area contributed by atoms with Gasteiger partial charge in [0.15, 0.2) is 10.8 Å². The second-order valence-corrected chi connectivity index (χ2v) is 9.54. The van der Waals surface area contributed by atoms with Crippen molar-refractivity contribution in [2.24, 2.45) is 5.16 Å². The predicted molar refractivity (Wildman–Crippen MR) is 118 cm³/mol. The number of nitrogens with two attached hydrogens (primary N) is 1. The summed E-state index contributed by atoms with van der Waals surface area (Å²) in [6, 6.07) is -0.867. The summed E-state index contributed by atoms with van der Waals surface area (Å²) in [7, 11) is 0. The Labute approximate surface area is 187 Å². The van der Waals surface area contributed by atoms with Crippen molar-refractivity contribution < 1.29 is 24.3 Å². The minimum Gasteiger partial charge on any atom is -0.477 e. The van der Waals surface area contributed by atoms with Crippen molar-refractivity contribution in [2.75, 3.05) is 12.3 Å². The van der Waals surface area contributed by atoms with Crippen LogP contribution in [0, 0.1) is 0 Å². The van der Waals surface area contributed by atoms with E-state index in [0.717, 1.165) is 37.0 Å². The van der Waals surface area contributed by atoms with Crippen LogP contribution in [0.3, 0.4) is 0 Å². The molecule has 31 heavy (non-hydrogen) atoms. The number of carboxylic acids is 1. The van der Waals surface area contributed by atoms with E-state index in [0.29, 0.717) is 6.61 Å². The highest BCUT2D eigenvalue weighted by atomic mass is 32.2. The summed E-state index contributed by atoms with van der Waals surface area (Å²) in [5, 5.41) is 17.2. The molecule has 12 heteroatoms. The highest BCUT2D eigenvalue weighted by molar-refractivity contribution is 8.00. The monoisotopic (exact) mass is 467 g/mol. The number of nitrogens with zero attached hydrogens (tertiary/aromatic N) is 3. The number of aliphatic carboxylic acids is 1. The predicted octanol–water partition coefficient (Wildman–Crippen LogP) is 1.78. The largest absolute Gasteiger partial charge is 0.477 e. The van der Waals surface area contributed by atoms with Crippen molar-refractivity contribution in [1.29, 1.82) is 0 Å². The number of unbranched alkanes of at least 4 members (excludes halogenated alkanes) is 3. The zero-order chi connectivity index (χ0) is 22.5. The van der Waals surface area contributed by atoms with Crippen LogP contribution in [0.25, 0.3) is 0 Å². The van der Waals surface area contributed by atoms with Crippen molar-refractivity contribution >= 4 is 51.7 Å². The molecule has 3 rings (SSSR count). The van der Waals surface area contributed by atoms with Gasteiger partial charge in [-0.3, -0.25) is 14.5 Å². The maximum Gasteiger partial charge on any atom is 0.352 e. The van der Waals surface area contributed by atoms with Crippen LogP contribution in [0.5, 0.6) is 0 Å². The summed E-state index contributed by atoms with van der Waals surface area (Å²) >= 11 is 2.56. The fourth-order valence-corrected chi connectivity index (χ4v) is 5.12. The zero-order valence-electron chi connectivity index (χ0n) is 17.2. The highest BCUT2D eigenvalue weighted by Gasteiger charge is 2.54. The standard InChI is InChI=1S/C19H25N5O5S2/c1-3-4-5-6-7-29-23-13(11-9-30-19(20)21-11)15(25)22-14-16(26)24-12(18(27)28)8-10(2)31-17(14)24/h8-10,14,17H,3-7H2,1-2H3,(H2,20,21)(H,22,25)(H,27,28)/b23-13-/t10?,14?,17-/m1/s1. The SMILES string of the molecule is CCCCCCO/N=C(\C(=O)NC1C(=O)N2C(C(=O)O)=CC(C)S[C@H]12)c1csc(N)n1. The molecule has 0 radical (unpaired) electrons. The van der Waals surface area contributed by atoms with Crippen LogP contribution in [-0.4, -0.2) is 61.8 Å². The van der Waals surface area contributed by atoms with E-state index >= 15 is 0 Å². The normalized spacial score (nSPS) is 23.0. The number of oxime groups is 1. The van der Waals surface area contributed by atoms with E-state index in [9.17, 15) is 19.5 Å². The molecule has 1 aromatic heterocycles. The van der Waals surface area contributed by atoms with E-state index < -0.39 is 29.2 Å². The van der Waals surface area contributed by atoms with Crippen LogP contribution >= 0.6 is 23.1 Å². The number of rotatable bonds is 10. The molecule has 1 saturated heterocycles. The molecule has 10 nitrogen and oxygen atoms in total. The number of carbonyl (C=O) groups excluding carboxylic acids is 2. The number of amides is 2. The van der Waals surface area contributed by atoms with Crippen LogP contribution in [-0.2, 0) is 19.2 Å². The van der Waals surface area contributed by atoms with E-state index in [-0.39, 0.29) is 27.5 Å². The van der Waals surface area contributed by atoms with E-state index in [1.165, 1.54) is 22.7 Å². The number of β-lactam (4-membered cyclic amide) rings is 1. The third-order valence-corrected chi connectivity index (χ3v) is 6.78. The molecule has 1 aromatic rings. The lowest BCUT2D eigenvalue weighted by Crippen LogP contribution is -2.71. The lowest BCUT2D eigenvalue weighted by atomic mass is 10.0. The van der Waals surface area contributed by atoms with Crippen molar-refractivity contribution in [2.45, 2.75) is 56.2 Å². The van der Waals surface area contributed by atoms with Gasteiger partial charge < -0.3 is 21.0 Å². The van der Waals surface area contributed by atoms with Gasteiger partial charge in [0.1, 0.15) is 29.4 Å². The number of aromatic nitrogens is 1. The summed E-state index contributed by atoms with van der Waals surface area (Å²) in [5.41, 5.74) is 5.81. The van der Waals surface area contributed by atoms with Crippen LogP contribution < -0.4 is 11.1 Å². The van der Waals surface area contributed by atoms with Crippen molar-refractivity contribution in [1.82, 2.24) is 15.2 Å². The van der Waals surface area contributed by atoms with E-state index in [1.807, 2.05) is 6.92 Å². The molecule has 0 aliphatic carbocycles. The van der Waals surface area contributed by atoms with E-state index in [2.05, 4.69) is 22.4 Å². The molecule has 4 N–H and O–H groups in total. The summed E-state index contributed by atoms with van der Waals surface area (Å²) < 4.78 is 0. The quantitative estimate of drug-likeness (QED) is 0.204. The smallest absolute Gasteiger partial charge is 0.352 e. The number of carboxylic acid groups (broad SMARTS) is 1. The summed E-state index contributed by atoms with van der Waals surface area (Å²) in [6.45, 7) is 4.30. The van der Waals surface area contributed by atoms with Gasteiger partial charge >= 0.3 is 5.97 Å². The number of hydrogen-bond donors (Lipinski definition) is 3. The fraction of sp³-hybridized carbons (Fsp3) is 0.526. The second-order valence-electron chi connectivity index (χ2n) is 7.15. The van der Waals surface area contributed by atoms with Crippen LogP contribution in [0.4, 0.5) is 5.13 Å². The van der Waals surface area contributed by atoms with Gasteiger partial charge in [0, 0.05) is 10.6 Å². The minimum atomic E-state index is -1.17. The number of nitrogens with one attached hydrogen (secondary N) is 1. The lowest BCUT2D eigenvalue weighted by Gasteiger charge is -2.49. The minimum absolute atomic E-state index is 0.0664. The van der Waals surface area contributed by atoms with Gasteiger partial charge in [0.25, 0.3) is 11.8 Å². The number of thioether (sulfide) groups is 1. The number of hydrogen-bond acceptors (Lipinski definition) is 9. The molecule has 0 spiro atoms. The number of anilines is 1. The Bertz CT molecular complexity index is 915. The number of fused-ring (bicyclic) bond motifs is 1. The number of carbonyl (C=O) groups is 3. The van der Waals surface area contributed by atoms with Crippen molar-refractivity contribution in [3.63, 3.8) is 0 Å². The molecule has 2 aliphatic rings. The van der Waals surface area contributed by atoms with Crippen LogP contribution in [0.1, 0.15) is 45.2 Å². The molecular weight excluding hydrogens is 442 g/mol. The lowest BCUT2D eigenvalue weighted by molar-refractivity contribution is -0.150. The molecule has 0 saturated carbocycles. The third-order valence-electron chi connectivity index (χ3n) is 4.78. The van der Waals surface area contributed by atoms with Gasteiger partial charge in [0.05, 0.1) is 0 Å². The summed E-state index contributed by atoms with van der Waals surface area (Å²) in [4.78, 5) is 47.6. The molecular formula is C19H25N5O5S2. The molecule has 0 bridgehead atoms. The molecule has 2 aliphatic heterocycles. The molecule has 2 unspecified atom stereocenters. The Balaban J connectivity index is 1.70. The maximum atomic E-state index is 12.9. The molecule has 0 aromatic carbocycles. The summed E-state index contributed by atoms with van der Waals surface area (Å²) in [6.07, 6.45) is 5.52. The fourth-order valence-electron chi connectivity index (χ4n) is 3.24. The molecule has 3 atom stereocenters. The van der Waals surface area contributed by atoms with Crippen LogP contribution in [0.15, 0.2) is 22.3 Å². The first-order valence-corrected chi connectivity index (χ1v) is 11.8. The van der Waals surface area contributed by atoms with Gasteiger partial charge in [-0.25, -0.2) is 9.78 Å². The Hall–Kier alpha value is -2.60. The van der Waals surface area contributed by atoms with E-state index in [4.69, 9.17) is 10.6 Å². The van der Waals surface area contributed by atoms with Crippen molar-refractivity contribution in [3.8, 4) is 0 Å². The molecule has 1 fully saturated rings. The van der Waals surface area contributed by atoms with Gasteiger partial charge in [0.2, 0.25) is 0 Å². The van der Waals surface area contributed by atoms with Crippen molar-refractivity contribution in [3.05, 3.63) is 22.8 Å². The van der Waals surface area contributed by atoms with Gasteiger partial charge in [-0.2, -0.15) is 0 Å². The molecule has 2 amide bonds. The Kier molecular flexibility index (Phi) is 7.55. The Morgan fingerprint density at radius 3 is 2.81 bits per heavy atom. The summed E-state index contributed by atoms with van der Waals surface area (Å²) in [5.74, 6) is -2.28. The average molecular weight is 468 g/mol. The van der Waals surface area contributed by atoms with E-state index in [1.54, 1.807) is 5.38 Å². The van der Waals surface area contributed by atoms with Gasteiger partial charge in [-0.05, 0) is 25.8 Å². The second kappa shape index (κ2) is 10.1. The zero-order valence-corrected chi connectivity index (χ0v) is 18.9. The third kappa shape index (κ3) is 5.18. The molecule has 168 valence electrons. The van der Waals surface area contributed by atoms with Crippen LogP contribution in [0.2, 0.25) is 0 Å². The highest BCUT2D eigenvalue weighted by Crippen LogP contribution is 2.40.